The first-order chi connectivity index (χ1) is 4.20. The van der Waals surface area contributed by atoms with E-state index in [4.69, 9.17) is 0 Å². The van der Waals surface area contributed by atoms with E-state index in [0.717, 1.165) is 11.4 Å². The van der Waals surface area contributed by atoms with E-state index >= 15 is 0 Å². The minimum Gasteiger partial charge on any atom is -0.156 e. The van der Waals surface area contributed by atoms with Crippen LogP contribution in [0.15, 0.2) is 6.07 Å². The molecule has 0 spiro atoms. The summed E-state index contributed by atoms with van der Waals surface area (Å²) in [7, 11) is 2.04. The van der Waals surface area contributed by atoms with Crippen LogP contribution < -0.4 is 5.46 Å². The Morgan fingerprint density at radius 1 is 1.33 bits per heavy atom. The molecule has 0 saturated heterocycles. The van der Waals surface area contributed by atoms with Crippen LogP contribution in [0.1, 0.15) is 11.4 Å². The third-order valence-electron chi connectivity index (χ3n) is 1.35. The van der Waals surface area contributed by atoms with Gasteiger partial charge in [0.05, 0.1) is 11.4 Å². The number of nitrogens with zero attached hydrogens (tertiary/aromatic N) is 2. The summed E-state index contributed by atoms with van der Waals surface area (Å²) in [5, 5.41) is 7.82. The molecule has 0 atom stereocenters. The van der Waals surface area contributed by atoms with Crippen LogP contribution in [0.25, 0.3) is 0 Å². The second kappa shape index (κ2) is 2.17. The highest BCUT2D eigenvalue weighted by Gasteiger charge is 1.92. The Morgan fingerprint density at radius 3 is 2.44 bits per heavy atom. The number of rotatable bonds is 0. The summed E-state index contributed by atoms with van der Waals surface area (Å²) < 4.78 is 0. The number of aromatic nitrogens is 2. The van der Waals surface area contributed by atoms with E-state index in [9.17, 15) is 0 Å². The number of aryl methyl sites for hydroxylation is 2. The van der Waals surface area contributed by atoms with Gasteiger partial charge in [-0.25, -0.2) is 0 Å². The average molecular weight is 120 g/mol. The van der Waals surface area contributed by atoms with Gasteiger partial charge in [0.15, 0.2) is 0 Å². The van der Waals surface area contributed by atoms with Gasteiger partial charge in [0.25, 0.3) is 0 Å². The maximum Gasteiger partial charge on any atom is 0.141 e. The fourth-order valence-corrected chi connectivity index (χ4v) is 0.679. The molecule has 1 heterocycles. The minimum absolute atomic E-state index is 0.984. The van der Waals surface area contributed by atoms with Crippen molar-refractivity contribution in [3.05, 3.63) is 17.5 Å². The van der Waals surface area contributed by atoms with Crippen molar-refractivity contribution >= 4 is 13.3 Å². The molecule has 0 saturated carbocycles. The maximum absolute atomic E-state index is 3.93. The van der Waals surface area contributed by atoms with Crippen LogP contribution in [0, 0.1) is 13.8 Å². The first kappa shape index (κ1) is 6.27. The van der Waals surface area contributed by atoms with E-state index in [-0.39, 0.29) is 0 Å². The molecule has 46 valence electrons. The standard InChI is InChI=1S/C6H9BN2/c1-4-3-6(7)5(2)9-8-4/h3H,7H2,1-2H3. The summed E-state index contributed by atoms with van der Waals surface area (Å²) >= 11 is 0. The molecule has 9 heavy (non-hydrogen) atoms. The van der Waals surface area contributed by atoms with Crippen LogP contribution in [0.3, 0.4) is 0 Å². The van der Waals surface area contributed by atoms with Gasteiger partial charge < -0.3 is 0 Å². The van der Waals surface area contributed by atoms with Crippen LogP contribution in [0.4, 0.5) is 0 Å². The van der Waals surface area contributed by atoms with Gasteiger partial charge in [0.1, 0.15) is 7.85 Å². The molecule has 0 aliphatic heterocycles. The lowest BCUT2D eigenvalue weighted by atomic mass is 9.95. The first-order valence-corrected chi connectivity index (χ1v) is 2.97. The van der Waals surface area contributed by atoms with Crippen molar-refractivity contribution < 1.29 is 0 Å². The van der Waals surface area contributed by atoms with Gasteiger partial charge >= 0.3 is 0 Å². The lowest BCUT2D eigenvalue weighted by Crippen LogP contribution is -2.11. The Kier molecular flexibility index (Phi) is 1.51. The average Bonchev–Trinajstić information content (AvgIpc) is 1.80. The highest BCUT2D eigenvalue weighted by Crippen LogP contribution is 1.86. The van der Waals surface area contributed by atoms with E-state index in [1.807, 2.05) is 27.8 Å². The van der Waals surface area contributed by atoms with E-state index in [2.05, 4.69) is 10.2 Å². The summed E-state index contributed by atoms with van der Waals surface area (Å²) in [6.07, 6.45) is 0. The molecule has 2 nitrogen and oxygen atoms in total. The lowest BCUT2D eigenvalue weighted by molar-refractivity contribution is 0.951. The van der Waals surface area contributed by atoms with Crippen LogP contribution in [0.2, 0.25) is 0 Å². The van der Waals surface area contributed by atoms with E-state index in [1.165, 1.54) is 5.46 Å². The van der Waals surface area contributed by atoms with Gasteiger partial charge in [-0.15, -0.1) is 0 Å². The fraction of sp³-hybridized carbons (Fsp3) is 0.333. The zero-order valence-corrected chi connectivity index (χ0v) is 5.97. The monoisotopic (exact) mass is 120 g/mol. The van der Waals surface area contributed by atoms with Crippen molar-refractivity contribution in [2.24, 2.45) is 0 Å². The minimum atomic E-state index is 0.984. The molecule has 1 aromatic heterocycles. The van der Waals surface area contributed by atoms with Crippen molar-refractivity contribution in [1.82, 2.24) is 10.2 Å². The molecule has 0 amide bonds. The van der Waals surface area contributed by atoms with E-state index in [1.54, 1.807) is 0 Å². The van der Waals surface area contributed by atoms with E-state index in [0.29, 0.717) is 0 Å². The van der Waals surface area contributed by atoms with Crippen molar-refractivity contribution in [2.45, 2.75) is 13.8 Å². The summed E-state index contributed by atoms with van der Waals surface area (Å²) in [6.45, 7) is 3.90. The van der Waals surface area contributed by atoms with Gasteiger partial charge in [-0.2, -0.15) is 10.2 Å². The molecule has 0 unspecified atom stereocenters. The molecule has 0 radical (unpaired) electrons. The maximum atomic E-state index is 3.93. The second-order valence-electron chi connectivity index (χ2n) is 2.25. The predicted octanol–water partition coefficient (Wildman–Crippen LogP) is -0.648. The van der Waals surface area contributed by atoms with Gasteiger partial charge in [0.2, 0.25) is 0 Å². The van der Waals surface area contributed by atoms with Gasteiger partial charge in [-0.1, -0.05) is 5.46 Å². The van der Waals surface area contributed by atoms with Gasteiger partial charge in [-0.3, -0.25) is 0 Å². The molecular weight excluding hydrogens is 111 g/mol. The highest BCUT2D eigenvalue weighted by molar-refractivity contribution is 6.33. The molecular formula is C6H9BN2. The van der Waals surface area contributed by atoms with Crippen LogP contribution in [0.5, 0.6) is 0 Å². The Bertz CT molecular complexity index is 222. The molecule has 0 aromatic carbocycles. The Balaban J connectivity index is 3.17. The number of hydrogen-bond donors (Lipinski definition) is 0. The molecule has 0 aliphatic rings. The Hall–Kier alpha value is -0.855. The lowest BCUT2D eigenvalue weighted by Gasteiger charge is -1.95. The Morgan fingerprint density at radius 2 is 2.00 bits per heavy atom. The normalized spacial score (nSPS) is 9.56. The topological polar surface area (TPSA) is 25.8 Å². The zero-order valence-electron chi connectivity index (χ0n) is 5.97. The molecule has 0 fully saturated rings. The zero-order chi connectivity index (χ0) is 6.85. The first-order valence-electron chi connectivity index (χ1n) is 2.97. The van der Waals surface area contributed by atoms with Gasteiger partial charge in [-0.05, 0) is 19.9 Å². The quantitative estimate of drug-likeness (QED) is 0.425. The number of hydrogen-bond acceptors (Lipinski definition) is 2. The summed E-state index contributed by atoms with van der Waals surface area (Å²) in [6, 6.07) is 2.03. The van der Waals surface area contributed by atoms with Crippen LogP contribution >= 0.6 is 0 Å². The second-order valence-corrected chi connectivity index (χ2v) is 2.25. The highest BCUT2D eigenvalue weighted by atomic mass is 15.1. The third kappa shape index (κ3) is 1.28. The molecule has 0 bridgehead atoms. The van der Waals surface area contributed by atoms with Crippen LogP contribution in [-0.4, -0.2) is 18.0 Å². The fourth-order valence-electron chi connectivity index (χ4n) is 0.679. The SMILES string of the molecule is Bc1cc(C)nnc1C. The van der Waals surface area contributed by atoms with Crippen molar-refractivity contribution in [2.75, 3.05) is 0 Å². The third-order valence-corrected chi connectivity index (χ3v) is 1.35. The summed E-state index contributed by atoms with van der Waals surface area (Å²) in [5.74, 6) is 0. The Labute approximate surface area is 55.7 Å². The largest absolute Gasteiger partial charge is 0.156 e. The van der Waals surface area contributed by atoms with Gasteiger partial charge in [0, 0.05) is 0 Å². The predicted molar refractivity (Wildman–Crippen MR) is 39.7 cm³/mol. The molecule has 1 rings (SSSR count). The summed E-state index contributed by atoms with van der Waals surface area (Å²) in [4.78, 5) is 0. The summed E-state index contributed by atoms with van der Waals surface area (Å²) in [5.41, 5.74) is 3.21. The van der Waals surface area contributed by atoms with Crippen molar-refractivity contribution in [3.63, 3.8) is 0 Å². The molecule has 3 heteroatoms. The molecule has 0 aliphatic carbocycles. The van der Waals surface area contributed by atoms with E-state index < -0.39 is 0 Å². The molecule has 0 N–H and O–H groups in total. The smallest absolute Gasteiger partial charge is 0.141 e. The van der Waals surface area contributed by atoms with Crippen LogP contribution in [-0.2, 0) is 0 Å². The van der Waals surface area contributed by atoms with Crippen molar-refractivity contribution in [3.8, 4) is 0 Å². The molecule has 1 aromatic rings. The van der Waals surface area contributed by atoms with Crippen molar-refractivity contribution in [1.29, 1.82) is 0 Å².